The fourth-order valence-corrected chi connectivity index (χ4v) is 4.57. The van der Waals surface area contributed by atoms with Crippen LogP contribution in [0.15, 0.2) is 18.2 Å². The Bertz CT molecular complexity index is 678. The van der Waals surface area contributed by atoms with E-state index in [2.05, 4.69) is 21.9 Å². The summed E-state index contributed by atoms with van der Waals surface area (Å²) < 4.78 is 10.9. The van der Waals surface area contributed by atoms with Crippen molar-refractivity contribution < 1.29 is 14.3 Å². The number of likely N-dealkylation sites (tertiary alicyclic amines) is 2. The zero-order valence-corrected chi connectivity index (χ0v) is 15.9. The average molecular weight is 359 g/mol. The SMILES string of the molecule is CN(C)C(=O)CN1CCC[C@@]2(CCN(Cc3ccc4c(c3)OCO4)C2)C1. The fourth-order valence-electron chi connectivity index (χ4n) is 4.57. The summed E-state index contributed by atoms with van der Waals surface area (Å²) in [5.74, 6) is 1.92. The van der Waals surface area contributed by atoms with Crippen LogP contribution in [-0.2, 0) is 11.3 Å². The van der Waals surface area contributed by atoms with Crippen LogP contribution < -0.4 is 9.47 Å². The van der Waals surface area contributed by atoms with Crippen molar-refractivity contribution >= 4 is 5.91 Å². The number of hydrogen-bond acceptors (Lipinski definition) is 5. The van der Waals surface area contributed by atoms with E-state index in [1.165, 1.54) is 24.8 Å². The second-order valence-electron chi connectivity index (χ2n) is 8.25. The molecule has 6 nitrogen and oxygen atoms in total. The Morgan fingerprint density at radius 1 is 1.12 bits per heavy atom. The molecule has 1 atom stereocenters. The normalized spacial score (nSPS) is 25.8. The third-order valence-corrected chi connectivity index (χ3v) is 5.96. The standard InChI is InChI=1S/C20H29N3O3/c1-21(2)19(24)12-22-8-3-6-20(13-22)7-9-23(14-20)11-16-4-5-17-18(10-16)26-15-25-17/h4-5,10H,3,6-9,11-15H2,1-2H3/t20-/m1/s1. The summed E-state index contributed by atoms with van der Waals surface area (Å²) in [6.45, 7) is 6.17. The molecule has 2 fully saturated rings. The number of fused-ring (bicyclic) bond motifs is 1. The van der Waals surface area contributed by atoms with Crippen LogP contribution in [0, 0.1) is 5.41 Å². The molecular formula is C20H29N3O3. The summed E-state index contributed by atoms with van der Waals surface area (Å²) in [4.78, 5) is 18.7. The van der Waals surface area contributed by atoms with Crippen molar-refractivity contribution in [3.8, 4) is 11.5 Å². The van der Waals surface area contributed by atoms with Gasteiger partial charge >= 0.3 is 0 Å². The van der Waals surface area contributed by atoms with Crippen molar-refractivity contribution in [3.63, 3.8) is 0 Å². The van der Waals surface area contributed by atoms with Crippen LogP contribution >= 0.6 is 0 Å². The van der Waals surface area contributed by atoms with Gasteiger partial charge in [-0.05, 0) is 55.5 Å². The lowest BCUT2D eigenvalue weighted by atomic mass is 9.79. The van der Waals surface area contributed by atoms with E-state index in [4.69, 9.17) is 9.47 Å². The maximum Gasteiger partial charge on any atom is 0.236 e. The van der Waals surface area contributed by atoms with Crippen LogP contribution in [0.3, 0.4) is 0 Å². The maximum atomic E-state index is 12.1. The van der Waals surface area contributed by atoms with Crippen molar-refractivity contribution in [1.82, 2.24) is 14.7 Å². The summed E-state index contributed by atoms with van der Waals surface area (Å²) in [5.41, 5.74) is 1.63. The van der Waals surface area contributed by atoms with Crippen molar-refractivity contribution in [2.75, 3.05) is 53.6 Å². The molecule has 3 aliphatic rings. The zero-order chi connectivity index (χ0) is 18.1. The third-order valence-electron chi connectivity index (χ3n) is 5.96. The molecule has 0 N–H and O–H groups in total. The molecule has 0 bridgehead atoms. The number of hydrogen-bond donors (Lipinski definition) is 0. The third kappa shape index (κ3) is 3.67. The molecule has 0 aliphatic carbocycles. The molecule has 3 aliphatic heterocycles. The first-order valence-corrected chi connectivity index (χ1v) is 9.56. The van der Waals surface area contributed by atoms with E-state index in [1.54, 1.807) is 4.90 Å². The topological polar surface area (TPSA) is 45.3 Å². The highest BCUT2D eigenvalue weighted by Gasteiger charge is 2.41. The molecule has 0 unspecified atom stereocenters. The molecular weight excluding hydrogens is 330 g/mol. The summed E-state index contributed by atoms with van der Waals surface area (Å²) >= 11 is 0. The summed E-state index contributed by atoms with van der Waals surface area (Å²) in [6.07, 6.45) is 3.69. The Balaban J connectivity index is 1.35. The molecule has 1 aromatic rings. The van der Waals surface area contributed by atoms with Gasteiger partial charge in [0.15, 0.2) is 11.5 Å². The highest BCUT2D eigenvalue weighted by atomic mass is 16.7. The molecule has 1 amide bonds. The van der Waals surface area contributed by atoms with Crippen molar-refractivity contribution in [2.45, 2.75) is 25.8 Å². The molecule has 3 heterocycles. The number of nitrogens with zero attached hydrogens (tertiary/aromatic N) is 3. The quantitative estimate of drug-likeness (QED) is 0.820. The Hall–Kier alpha value is -1.79. The van der Waals surface area contributed by atoms with E-state index in [0.717, 1.165) is 44.2 Å². The zero-order valence-electron chi connectivity index (χ0n) is 15.9. The highest BCUT2D eigenvalue weighted by Crippen LogP contribution is 2.40. The number of benzene rings is 1. The molecule has 4 rings (SSSR count). The maximum absolute atomic E-state index is 12.1. The molecule has 0 aromatic heterocycles. The number of piperidine rings is 1. The first-order valence-electron chi connectivity index (χ1n) is 9.56. The second-order valence-corrected chi connectivity index (χ2v) is 8.25. The van der Waals surface area contributed by atoms with Crippen molar-refractivity contribution in [1.29, 1.82) is 0 Å². The van der Waals surface area contributed by atoms with E-state index >= 15 is 0 Å². The summed E-state index contributed by atoms with van der Waals surface area (Å²) in [6, 6.07) is 6.26. The van der Waals surface area contributed by atoms with Crippen molar-refractivity contribution in [2.24, 2.45) is 5.41 Å². The number of carbonyl (C=O) groups excluding carboxylic acids is 1. The molecule has 0 saturated carbocycles. The number of carbonyl (C=O) groups is 1. The molecule has 6 heteroatoms. The van der Waals surface area contributed by atoms with Gasteiger partial charge in [-0.25, -0.2) is 0 Å². The van der Waals surface area contributed by atoms with Crippen LogP contribution in [-0.4, -0.2) is 74.2 Å². The number of likely N-dealkylation sites (N-methyl/N-ethyl adjacent to an activating group) is 1. The first-order chi connectivity index (χ1) is 12.5. The van der Waals surface area contributed by atoms with Gasteiger partial charge < -0.3 is 14.4 Å². The molecule has 2 saturated heterocycles. The molecule has 26 heavy (non-hydrogen) atoms. The first kappa shape index (κ1) is 17.6. The van der Waals surface area contributed by atoms with Gasteiger partial charge in [-0.15, -0.1) is 0 Å². The molecule has 1 aromatic carbocycles. The van der Waals surface area contributed by atoms with Crippen LogP contribution in [0.25, 0.3) is 0 Å². The van der Waals surface area contributed by atoms with E-state index in [0.29, 0.717) is 18.8 Å². The van der Waals surface area contributed by atoms with Crippen LogP contribution in [0.4, 0.5) is 0 Å². The van der Waals surface area contributed by atoms with Gasteiger partial charge in [0.25, 0.3) is 0 Å². The van der Waals surface area contributed by atoms with Gasteiger partial charge in [-0.1, -0.05) is 6.07 Å². The van der Waals surface area contributed by atoms with Gasteiger partial charge in [0.2, 0.25) is 12.7 Å². The number of rotatable bonds is 4. The number of amides is 1. The average Bonchev–Trinajstić information content (AvgIpc) is 3.22. The van der Waals surface area contributed by atoms with Gasteiger partial charge in [0, 0.05) is 33.7 Å². The van der Waals surface area contributed by atoms with Gasteiger partial charge in [-0.2, -0.15) is 0 Å². The summed E-state index contributed by atoms with van der Waals surface area (Å²) in [5, 5.41) is 0. The summed E-state index contributed by atoms with van der Waals surface area (Å²) in [7, 11) is 3.68. The Labute approximate surface area is 155 Å². The van der Waals surface area contributed by atoms with E-state index in [1.807, 2.05) is 20.2 Å². The minimum Gasteiger partial charge on any atom is -0.454 e. The fraction of sp³-hybridized carbons (Fsp3) is 0.650. The largest absolute Gasteiger partial charge is 0.454 e. The highest BCUT2D eigenvalue weighted by molar-refractivity contribution is 5.77. The predicted molar refractivity (Wildman–Crippen MR) is 99.3 cm³/mol. The van der Waals surface area contributed by atoms with Gasteiger partial charge in [-0.3, -0.25) is 14.6 Å². The van der Waals surface area contributed by atoms with Crippen molar-refractivity contribution in [3.05, 3.63) is 23.8 Å². The van der Waals surface area contributed by atoms with Crippen LogP contribution in [0.5, 0.6) is 11.5 Å². The smallest absolute Gasteiger partial charge is 0.236 e. The van der Waals surface area contributed by atoms with E-state index < -0.39 is 0 Å². The minimum atomic E-state index is 0.206. The lowest BCUT2D eigenvalue weighted by Crippen LogP contribution is -2.48. The van der Waals surface area contributed by atoms with Gasteiger partial charge in [0.05, 0.1) is 6.54 Å². The Morgan fingerprint density at radius 3 is 2.77 bits per heavy atom. The van der Waals surface area contributed by atoms with Gasteiger partial charge in [0.1, 0.15) is 0 Å². The van der Waals surface area contributed by atoms with Crippen LogP contribution in [0.1, 0.15) is 24.8 Å². The molecule has 142 valence electrons. The lowest BCUT2D eigenvalue weighted by Gasteiger charge is -2.40. The van der Waals surface area contributed by atoms with E-state index in [9.17, 15) is 4.79 Å². The Kier molecular flexibility index (Phi) is 4.80. The predicted octanol–water partition coefficient (Wildman–Crippen LogP) is 1.79. The molecule has 1 spiro atoms. The second kappa shape index (κ2) is 7.08. The molecule has 0 radical (unpaired) electrons. The monoisotopic (exact) mass is 359 g/mol. The van der Waals surface area contributed by atoms with E-state index in [-0.39, 0.29) is 5.91 Å². The lowest BCUT2D eigenvalue weighted by molar-refractivity contribution is -0.130. The Morgan fingerprint density at radius 2 is 1.92 bits per heavy atom. The van der Waals surface area contributed by atoms with Crippen LogP contribution in [0.2, 0.25) is 0 Å². The number of ether oxygens (including phenoxy) is 2. The minimum absolute atomic E-state index is 0.206.